The van der Waals surface area contributed by atoms with Gasteiger partial charge in [0, 0.05) is 12.6 Å². The summed E-state index contributed by atoms with van der Waals surface area (Å²) in [4.78, 5) is 14.3. The zero-order chi connectivity index (χ0) is 13.4. The molecule has 0 aromatic carbocycles. The van der Waals surface area contributed by atoms with E-state index in [0.717, 1.165) is 32.2 Å². The van der Waals surface area contributed by atoms with Crippen molar-refractivity contribution in [3.63, 3.8) is 0 Å². The van der Waals surface area contributed by atoms with Crippen molar-refractivity contribution >= 4 is 5.91 Å². The molecule has 0 radical (unpaired) electrons. The lowest BCUT2D eigenvalue weighted by Gasteiger charge is -2.32. The summed E-state index contributed by atoms with van der Waals surface area (Å²) in [6.45, 7) is 11.3. The van der Waals surface area contributed by atoms with Crippen LogP contribution in [0.5, 0.6) is 0 Å². The Morgan fingerprint density at radius 1 is 1.18 bits per heavy atom. The number of nitrogens with two attached hydrogens (primary N) is 1. The third-order valence-corrected chi connectivity index (χ3v) is 3.70. The molecule has 0 aromatic heterocycles. The van der Waals surface area contributed by atoms with E-state index in [-0.39, 0.29) is 17.9 Å². The van der Waals surface area contributed by atoms with Gasteiger partial charge >= 0.3 is 0 Å². The lowest BCUT2D eigenvalue weighted by molar-refractivity contribution is -0.136. The van der Waals surface area contributed by atoms with Gasteiger partial charge in [-0.2, -0.15) is 0 Å². The Morgan fingerprint density at radius 3 is 2.18 bits per heavy atom. The average molecular weight is 242 g/mol. The van der Waals surface area contributed by atoms with Crippen molar-refractivity contribution in [3.8, 4) is 0 Å². The van der Waals surface area contributed by atoms with E-state index in [9.17, 15) is 4.79 Å². The number of unbranched alkanes of at least 4 members (excludes halogenated alkanes) is 1. The highest BCUT2D eigenvalue weighted by molar-refractivity contribution is 5.82. The molecule has 0 aliphatic rings. The largest absolute Gasteiger partial charge is 0.339 e. The molecule has 0 aliphatic carbocycles. The highest BCUT2D eigenvalue weighted by atomic mass is 16.2. The van der Waals surface area contributed by atoms with Crippen LogP contribution in [0.15, 0.2) is 0 Å². The van der Waals surface area contributed by atoms with Gasteiger partial charge in [0.05, 0.1) is 6.04 Å². The van der Waals surface area contributed by atoms with Crippen LogP contribution in [0.3, 0.4) is 0 Å². The van der Waals surface area contributed by atoms with E-state index in [1.807, 2.05) is 4.90 Å². The summed E-state index contributed by atoms with van der Waals surface area (Å²) in [5.74, 6) is 0.387. The molecule has 0 spiro atoms. The molecule has 0 heterocycles. The minimum absolute atomic E-state index is 0.127. The van der Waals surface area contributed by atoms with Crippen LogP contribution in [0.4, 0.5) is 0 Å². The molecule has 0 fully saturated rings. The second kappa shape index (κ2) is 8.51. The average Bonchev–Trinajstić information content (AvgIpc) is 2.36. The Hall–Kier alpha value is -0.570. The van der Waals surface area contributed by atoms with Gasteiger partial charge in [0.25, 0.3) is 0 Å². The number of amides is 1. The molecule has 3 nitrogen and oxygen atoms in total. The van der Waals surface area contributed by atoms with Gasteiger partial charge in [0.2, 0.25) is 5.91 Å². The maximum atomic E-state index is 12.4. The molecule has 102 valence electrons. The van der Waals surface area contributed by atoms with Crippen LogP contribution < -0.4 is 5.73 Å². The summed E-state index contributed by atoms with van der Waals surface area (Å²) in [5, 5.41) is 0. The molecule has 0 aliphatic heterocycles. The van der Waals surface area contributed by atoms with E-state index in [2.05, 4.69) is 34.6 Å². The van der Waals surface area contributed by atoms with Crippen LogP contribution >= 0.6 is 0 Å². The monoisotopic (exact) mass is 242 g/mol. The van der Waals surface area contributed by atoms with E-state index >= 15 is 0 Å². The fourth-order valence-corrected chi connectivity index (χ4v) is 1.79. The normalized spacial score (nSPS) is 16.4. The van der Waals surface area contributed by atoms with Gasteiger partial charge in [0.15, 0.2) is 0 Å². The summed E-state index contributed by atoms with van der Waals surface area (Å²) in [5.41, 5.74) is 6.05. The highest BCUT2D eigenvalue weighted by Crippen LogP contribution is 2.13. The van der Waals surface area contributed by atoms with Crippen LogP contribution in [-0.4, -0.2) is 29.4 Å². The Kier molecular flexibility index (Phi) is 8.23. The molecule has 17 heavy (non-hydrogen) atoms. The number of carbonyl (C=O) groups is 1. The number of rotatable bonds is 8. The summed E-state index contributed by atoms with van der Waals surface area (Å²) in [6, 6.07) is -0.0463. The van der Waals surface area contributed by atoms with Crippen LogP contribution in [0.2, 0.25) is 0 Å². The van der Waals surface area contributed by atoms with Crippen molar-refractivity contribution in [1.29, 1.82) is 0 Å². The second-order valence-electron chi connectivity index (χ2n) is 5.05. The summed E-state index contributed by atoms with van der Waals surface area (Å²) < 4.78 is 0. The second-order valence-corrected chi connectivity index (χ2v) is 5.05. The Morgan fingerprint density at radius 2 is 1.76 bits per heavy atom. The number of hydrogen-bond acceptors (Lipinski definition) is 2. The molecular formula is C14H30N2O. The molecule has 3 atom stereocenters. The van der Waals surface area contributed by atoms with E-state index < -0.39 is 0 Å². The SMILES string of the molecule is CCCCN(C(=O)[C@@H](N)[C@@H](C)CC)C(C)CC. The standard InChI is InChI=1S/C14H30N2O/c1-6-9-10-16(12(5)8-3)14(17)13(15)11(4)7-2/h11-13H,6-10,15H2,1-5H3/t11-,12?,13-/m0/s1. The highest BCUT2D eigenvalue weighted by Gasteiger charge is 2.26. The zero-order valence-electron chi connectivity index (χ0n) is 12.2. The summed E-state index contributed by atoms with van der Waals surface area (Å²) >= 11 is 0. The van der Waals surface area contributed by atoms with E-state index in [0.29, 0.717) is 6.04 Å². The third-order valence-electron chi connectivity index (χ3n) is 3.70. The fourth-order valence-electron chi connectivity index (χ4n) is 1.79. The van der Waals surface area contributed by atoms with Gasteiger partial charge in [-0.3, -0.25) is 4.79 Å². The molecule has 2 N–H and O–H groups in total. The van der Waals surface area contributed by atoms with Crippen molar-refractivity contribution < 1.29 is 4.79 Å². The van der Waals surface area contributed by atoms with Gasteiger partial charge in [-0.1, -0.05) is 40.5 Å². The molecule has 1 unspecified atom stereocenters. The summed E-state index contributed by atoms with van der Waals surface area (Å²) in [7, 11) is 0. The van der Waals surface area contributed by atoms with Gasteiger partial charge < -0.3 is 10.6 Å². The minimum atomic E-state index is -0.342. The Balaban J connectivity index is 4.61. The van der Waals surface area contributed by atoms with Crippen LogP contribution in [-0.2, 0) is 4.79 Å². The van der Waals surface area contributed by atoms with Crippen molar-refractivity contribution in [2.75, 3.05) is 6.54 Å². The van der Waals surface area contributed by atoms with Crippen LogP contribution in [0.1, 0.15) is 60.3 Å². The molecule has 1 amide bonds. The van der Waals surface area contributed by atoms with Crippen molar-refractivity contribution in [3.05, 3.63) is 0 Å². The lowest BCUT2D eigenvalue weighted by atomic mass is 9.98. The smallest absolute Gasteiger partial charge is 0.239 e. The van der Waals surface area contributed by atoms with Crippen LogP contribution in [0, 0.1) is 5.92 Å². The fraction of sp³-hybridized carbons (Fsp3) is 0.929. The quantitative estimate of drug-likeness (QED) is 0.711. The predicted molar refractivity (Wildman–Crippen MR) is 73.8 cm³/mol. The maximum absolute atomic E-state index is 12.4. The van der Waals surface area contributed by atoms with E-state index in [1.54, 1.807) is 0 Å². The molecule has 0 aromatic rings. The maximum Gasteiger partial charge on any atom is 0.239 e. The van der Waals surface area contributed by atoms with Gasteiger partial charge in [-0.15, -0.1) is 0 Å². The Bertz CT molecular complexity index is 218. The van der Waals surface area contributed by atoms with Crippen molar-refractivity contribution in [2.24, 2.45) is 11.7 Å². The van der Waals surface area contributed by atoms with Crippen molar-refractivity contribution in [1.82, 2.24) is 4.90 Å². The lowest BCUT2D eigenvalue weighted by Crippen LogP contribution is -2.50. The molecular weight excluding hydrogens is 212 g/mol. The number of hydrogen-bond donors (Lipinski definition) is 1. The molecule has 0 saturated heterocycles. The van der Waals surface area contributed by atoms with E-state index in [1.165, 1.54) is 0 Å². The van der Waals surface area contributed by atoms with Crippen molar-refractivity contribution in [2.45, 2.75) is 72.4 Å². The minimum Gasteiger partial charge on any atom is -0.339 e. The molecule has 3 heteroatoms. The number of carbonyl (C=O) groups excluding carboxylic acids is 1. The topological polar surface area (TPSA) is 46.3 Å². The van der Waals surface area contributed by atoms with Gasteiger partial charge in [-0.05, 0) is 25.7 Å². The summed E-state index contributed by atoms with van der Waals surface area (Å²) in [6.07, 6.45) is 4.11. The zero-order valence-corrected chi connectivity index (χ0v) is 12.2. The number of nitrogens with zero attached hydrogens (tertiary/aromatic N) is 1. The molecule has 0 bridgehead atoms. The van der Waals surface area contributed by atoms with Crippen LogP contribution in [0.25, 0.3) is 0 Å². The van der Waals surface area contributed by atoms with Gasteiger partial charge in [0.1, 0.15) is 0 Å². The van der Waals surface area contributed by atoms with Gasteiger partial charge in [-0.25, -0.2) is 0 Å². The predicted octanol–water partition coefficient (Wildman–Crippen LogP) is 2.79. The molecule has 0 saturated carbocycles. The first-order valence-corrected chi connectivity index (χ1v) is 7.05. The Labute approximate surface area is 107 Å². The first-order valence-electron chi connectivity index (χ1n) is 7.05. The molecule has 0 rings (SSSR count). The van der Waals surface area contributed by atoms with E-state index in [4.69, 9.17) is 5.73 Å². The first kappa shape index (κ1) is 16.4. The first-order chi connectivity index (χ1) is 7.99. The third kappa shape index (κ3) is 5.07.